The molecule has 26 heavy (non-hydrogen) atoms. The topological polar surface area (TPSA) is 75.9 Å². The Morgan fingerprint density at radius 3 is 2.46 bits per heavy atom. The number of esters is 1. The van der Waals surface area contributed by atoms with Gasteiger partial charge in [-0.1, -0.05) is 36.4 Å². The van der Waals surface area contributed by atoms with Crippen LogP contribution in [0.25, 0.3) is 0 Å². The van der Waals surface area contributed by atoms with Crippen LogP contribution in [-0.2, 0) is 16.1 Å². The van der Waals surface area contributed by atoms with Gasteiger partial charge in [-0.3, -0.25) is 19.8 Å². The summed E-state index contributed by atoms with van der Waals surface area (Å²) in [5.41, 5.74) is 1.90. The molecule has 0 atom stereocenters. The molecule has 1 saturated heterocycles. The van der Waals surface area contributed by atoms with E-state index >= 15 is 0 Å². The molecule has 0 amide bonds. The Labute approximate surface area is 151 Å². The summed E-state index contributed by atoms with van der Waals surface area (Å²) in [5, 5.41) is 10.9. The van der Waals surface area contributed by atoms with Crippen LogP contribution in [0.15, 0.2) is 54.6 Å². The van der Waals surface area contributed by atoms with Crippen molar-refractivity contribution in [3.05, 3.63) is 70.3 Å². The molecule has 7 nitrogen and oxygen atoms in total. The molecular formula is C19H21N3O4. The molecule has 0 radical (unpaired) electrons. The van der Waals surface area contributed by atoms with Gasteiger partial charge in [0.05, 0.1) is 11.5 Å². The van der Waals surface area contributed by atoms with Gasteiger partial charge in [-0.15, -0.1) is 0 Å². The minimum atomic E-state index is -0.386. The van der Waals surface area contributed by atoms with Gasteiger partial charge in [-0.05, 0) is 11.6 Å². The largest absolute Gasteiger partial charge is 0.460 e. The zero-order valence-corrected chi connectivity index (χ0v) is 14.4. The molecule has 1 aliphatic heterocycles. The van der Waals surface area contributed by atoms with E-state index in [2.05, 4.69) is 4.90 Å². The maximum absolute atomic E-state index is 12.0. The van der Waals surface area contributed by atoms with Crippen LogP contribution in [0.2, 0.25) is 0 Å². The number of carbonyl (C=O) groups excluding carboxylic acids is 1. The first-order chi connectivity index (χ1) is 12.6. The number of carbonyl (C=O) groups is 1. The lowest BCUT2D eigenvalue weighted by molar-refractivity contribution is -0.384. The maximum Gasteiger partial charge on any atom is 0.320 e. The Morgan fingerprint density at radius 1 is 1.04 bits per heavy atom. The number of benzene rings is 2. The van der Waals surface area contributed by atoms with Crippen molar-refractivity contribution < 1.29 is 14.5 Å². The summed E-state index contributed by atoms with van der Waals surface area (Å²) in [5.74, 6) is -0.238. The van der Waals surface area contributed by atoms with E-state index in [0.29, 0.717) is 26.2 Å². The SMILES string of the molecule is O=C(CN1CCN(c2cccc([N+](=O)[O-])c2)CC1)OCc1ccccc1. The number of nitro benzene ring substituents is 1. The van der Waals surface area contributed by atoms with Crippen molar-refractivity contribution in [2.45, 2.75) is 6.61 Å². The monoisotopic (exact) mass is 355 g/mol. The van der Waals surface area contributed by atoms with Crippen molar-refractivity contribution in [1.82, 2.24) is 4.90 Å². The average Bonchev–Trinajstić information content (AvgIpc) is 2.68. The lowest BCUT2D eigenvalue weighted by Crippen LogP contribution is -2.48. The van der Waals surface area contributed by atoms with Crippen LogP contribution in [0.5, 0.6) is 0 Å². The van der Waals surface area contributed by atoms with E-state index in [1.54, 1.807) is 12.1 Å². The molecule has 1 fully saturated rings. The van der Waals surface area contributed by atoms with Gasteiger partial charge in [0.2, 0.25) is 0 Å². The number of nitrogens with zero attached hydrogens (tertiary/aromatic N) is 3. The quantitative estimate of drug-likeness (QED) is 0.450. The van der Waals surface area contributed by atoms with Crippen molar-refractivity contribution >= 4 is 17.3 Å². The van der Waals surface area contributed by atoms with Crippen molar-refractivity contribution in [1.29, 1.82) is 0 Å². The number of ether oxygens (including phenoxy) is 1. The van der Waals surface area contributed by atoms with Gasteiger partial charge in [0, 0.05) is 44.0 Å². The zero-order chi connectivity index (χ0) is 18.4. The van der Waals surface area contributed by atoms with Gasteiger partial charge in [-0.2, -0.15) is 0 Å². The molecule has 2 aromatic rings. The predicted molar refractivity (Wildman–Crippen MR) is 98.0 cm³/mol. The van der Waals surface area contributed by atoms with E-state index in [-0.39, 0.29) is 29.7 Å². The van der Waals surface area contributed by atoms with Crippen LogP contribution in [-0.4, -0.2) is 48.5 Å². The zero-order valence-electron chi connectivity index (χ0n) is 14.4. The van der Waals surface area contributed by atoms with E-state index in [4.69, 9.17) is 4.74 Å². The van der Waals surface area contributed by atoms with Crippen LogP contribution in [0.1, 0.15) is 5.56 Å². The van der Waals surface area contributed by atoms with Gasteiger partial charge in [-0.25, -0.2) is 0 Å². The Balaban J connectivity index is 1.45. The molecule has 136 valence electrons. The highest BCUT2D eigenvalue weighted by molar-refractivity contribution is 5.71. The van der Waals surface area contributed by atoms with Crippen molar-refractivity contribution in [2.75, 3.05) is 37.6 Å². The summed E-state index contributed by atoms with van der Waals surface area (Å²) < 4.78 is 5.32. The molecule has 0 spiro atoms. The first-order valence-electron chi connectivity index (χ1n) is 8.53. The second kappa shape index (κ2) is 8.44. The molecule has 0 saturated carbocycles. The minimum Gasteiger partial charge on any atom is -0.460 e. The third-order valence-electron chi connectivity index (χ3n) is 4.37. The summed E-state index contributed by atoms with van der Waals surface area (Å²) >= 11 is 0. The first kappa shape index (κ1) is 17.9. The van der Waals surface area contributed by atoms with Crippen LogP contribution in [0.4, 0.5) is 11.4 Å². The van der Waals surface area contributed by atoms with Crippen molar-refractivity contribution in [2.24, 2.45) is 0 Å². The van der Waals surface area contributed by atoms with E-state index < -0.39 is 0 Å². The van der Waals surface area contributed by atoms with Gasteiger partial charge >= 0.3 is 5.97 Å². The number of hydrogen-bond acceptors (Lipinski definition) is 6. The highest BCUT2D eigenvalue weighted by atomic mass is 16.6. The highest BCUT2D eigenvalue weighted by Crippen LogP contribution is 2.22. The fraction of sp³-hybridized carbons (Fsp3) is 0.316. The summed E-state index contributed by atoms with van der Waals surface area (Å²) in [6, 6.07) is 16.2. The molecule has 0 N–H and O–H groups in total. The van der Waals surface area contributed by atoms with Crippen LogP contribution < -0.4 is 4.90 Å². The molecule has 0 unspecified atom stereocenters. The molecule has 0 aliphatic carbocycles. The number of hydrogen-bond donors (Lipinski definition) is 0. The second-order valence-electron chi connectivity index (χ2n) is 6.19. The van der Waals surface area contributed by atoms with Gasteiger partial charge in [0.1, 0.15) is 6.61 Å². The number of rotatable bonds is 6. The number of piperazine rings is 1. The normalized spacial score (nSPS) is 14.8. The Hall–Kier alpha value is -2.93. The molecular weight excluding hydrogens is 334 g/mol. The lowest BCUT2D eigenvalue weighted by Gasteiger charge is -2.35. The number of non-ortho nitro benzene ring substituents is 1. The summed E-state index contributed by atoms with van der Waals surface area (Å²) in [4.78, 5) is 26.7. The minimum absolute atomic E-state index is 0.0921. The Bertz CT molecular complexity index is 758. The lowest BCUT2D eigenvalue weighted by atomic mass is 10.2. The molecule has 0 aromatic heterocycles. The fourth-order valence-corrected chi connectivity index (χ4v) is 2.93. The molecule has 1 heterocycles. The van der Waals surface area contributed by atoms with E-state index in [1.165, 1.54) is 6.07 Å². The standard InChI is InChI=1S/C19H21N3O4/c23-19(26-15-16-5-2-1-3-6-16)14-20-9-11-21(12-10-20)17-7-4-8-18(13-17)22(24)25/h1-8,13H,9-12,14-15H2. The third-order valence-corrected chi connectivity index (χ3v) is 4.37. The molecule has 7 heteroatoms. The van der Waals surface area contributed by atoms with Gasteiger partial charge in [0.15, 0.2) is 0 Å². The Morgan fingerprint density at radius 2 is 1.77 bits per heavy atom. The van der Waals surface area contributed by atoms with E-state index in [9.17, 15) is 14.9 Å². The smallest absolute Gasteiger partial charge is 0.320 e. The molecule has 0 bridgehead atoms. The maximum atomic E-state index is 12.0. The average molecular weight is 355 g/mol. The van der Waals surface area contributed by atoms with E-state index in [1.807, 2.05) is 41.3 Å². The summed E-state index contributed by atoms with van der Waals surface area (Å²) in [6.07, 6.45) is 0. The predicted octanol–water partition coefficient (Wildman–Crippen LogP) is 2.46. The number of nitro groups is 1. The second-order valence-corrected chi connectivity index (χ2v) is 6.19. The summed E-state index contributed by atoms with van der Waals surface area (Å²) in [7, 11) is 0. The van der Waals surface area contributed by atoms with Gasteiger partial charge in [0.25, 0.3) is 5.69 Å². The van der Waals surface area contributed by atoms with Gasteiger partial charge < -0.3 is 9.64 Å². The number of anilines is 1. The fourth-order valence-electron chi connectivity index (χ4n) is 2.93. The van der Waals surface area contributed by atoms with Crippen LogP contribution in [0.3, 0.4) is 0 Å². The van der Waals surface area contributed by atoms with E-state index in [0.717, 1.165) is 11.3 Å². The molecule has 3 rings (SSSR count). The highest BCUT2D eigenvalue weighted by Gasteiger charge is 2.20. The van der Waals surface area contributed by atoms with Crippen LogP contribution in [0, 0.1) is 10.1 Å². The molecule has 2 aromatic carbocycles. The third kappa shape index (κ3) is 4.80. The van der Waals surface area contributed by atoms with Crippen LogP contribution >= 0.6 is 0 Å². The van der Waals surface area contributed by atoms with Crippen molar-refractivity contribution in [3.8, 4) is 0 Å². The first-order valence-corrected chi connectivity index (χ1v) is 8.53. The Kier molecular flexibility index (Phi) is 5.80. The molecule has 1 aliphatic rings. The van der Waals surface area contributed by atoms with Crippen molar-refractivity contribution in [3.63, 3.8) is 0 Å². The summed E-state index contributed by atoms with van der Waals surface area (Å²) in [6.45, 7) is 3.40.